The van der Waals surface area contributed by atoms with Crippen LogP contribution >= 0.6 is 0 Å². The molecule has 0 N–H and O–H groups in total. The summed E-state index contributed by atoms with van der Waals surface area (Å²) in [7, 11) is 0. The van der Waals surface area contributed by atoms with Gasteiger partial charge in [-0.25, -0.2) is 0 Å². The Morgan fingerprint density at radius 3 is 2.25 bits per heavy atom. The number of rotatable bonds is 2. The van der Waals surface area contributed by atoms with Crippen LogP contribution in [0.2, 0.25) is 4.82 Å². The van der Waals surface area contributed by atoms with Crippen LogP contribution in [0.4, 0.5) is 0 Å². The van der Waals surface area contributed by atoms with Crippen molar-refractivity contribution in [2.24, 2.45) is 0 Å². The monoisotopic (exact) mass is 222 g/mol. The van der Waals surface area contributed by atoms with Crippen LogP contribution < -0.4 is 4.46 Å². The Morgan fingerprint density at radius 1 is 0.917 bits per heavy atom. The van der Waals surface area contributed by atoms with E-state index in [4.69, 9.17) is 0 Å². The molecule has 12 heavy (non-hydrogen) atoms. The fourth-order valence-corrected chi connectivity index (χ4v) is 3.18. The van der Waals surface area contributed by atoms with Crippen molar-refractivity contribution >= 4 is 19.4 Å². The Labute approximate surface area is 79.2 Å². The quantitative estimate of drug-likeness (QED) is 0.669. The average molecular weight is 221 g/mol. The Balaban J connectivity index is 2.04. The molecule has 0 saturated carbocycles. The molecule has 0 bridgehead atoms. The predicted molar refractivity (Wildman–Crippen MR) is 53.9 cm³/mol. The molecule has 0 fully saturated rings. The summed E-state index contributed by atoms with van der Waals surface area (Å²) in [6, 6.07) is 10.7. The zero-order chi connectivity index (χ0) is 8.23. The van der Waals surface area contributed by atoms with E-state index in [1.54, 1.807) is 0 Å². The molecule has 1 aliphatic carbocycles. The fourth-order valence-electron chi connectivity index (χ4n) is 1.15. The van der Waals surface area contributed by atoms with Crippen molar-refractivity contribution in [1.29, 1.82) is 0 Å². The van der Waals surface area contributed by atoms with E-state index in [0.29, 0.717) is 19.8 Å². The maximum atomic E-state index is 2.27. The van der Waals surface area contributed by atoms with E-state index in [1.807, 2.05) is 0 Å². The van der Waals surface area contributed by atoms with Gasteiger partial charge in [0.1, 0.15) is 0 Å². The van der Waals surface area contributed by atoms with Crippen LogP contribution in [0, 0.1) is 0 Å². The zero-order valence-corrected chi connectivity index (χ0v) is 8.39. The van der Waals surface area contributed by atoms with Gasteiger partial charge in [-0.15, -0.1) is 0 Å². The average Bonchev–Trinajstić information content (AvgIpc) is 2.59. The predicted octanol–water partition coefficient (Wildman–Crippen LogP) is 1.93. The molecule has 1 aromatic carbocycles. The molecule has 0 unspecified atom stereocenters. The van der Waals surface area contributed by atoms with Gasteiger partial charge in [0.15, 0.2) is 0 Å². The molecule has 2 rings (SSSR count). The van der Waals surface area contributed by atoms with Crippen molar-refractivity contribution in [3.05, 3.63) is 54.6 Å². The summed E-state index contributed by atoms with van der Waals surface area (Å²) in [5.74, 6) is 0. The van der Waals surface area contributed by atoms with Gasteiger partial charge in [-0.2, -0.15) is 0 Å². The van der Waals surface area contributed by atoms with E-state index < -0.39 is 0 Å². The summed E-state index contributed by atoms with van der Waals surface area (Å²) in [5, 5.41) is 0. The molecule has 0 heterocycles. The van der Waals surface area contributed by atoms with Gasteiger partial charge in [-0.3, -0.25) is 0 Å². The fraction of sp³-hybridized carbons (Fsp3) is 0.0909. The number of hydrogen-bond donors (Lipinski definition) is 0. The second-order valence-corrected chi connectivity index (χ2v) is 5.29. The summed E-state index contributed by atoms with van der Waals surface area (Å²) in [4.78, 5) is 0.680. The summed E-state index contributed by atoms with van der Waals surface area (Å²) in [6.45, 7) is 0. The van der Waals surface area contributed by atoms with Crippen LogP contribution in [0.15, 0.2) is 54.6 Å². The summed E-state index contributed by atoms with van der Waals surface area (Å²) in [6.07, 6.45) is 8.81. The van der Waals surface area contributed by atoms with Gasteiger partial charge in [-0.1, -0.05) is 0 Å². The molecule has 0 spiro atoms. The molecule has 1 aliphatic rings. The van der Waals surface area contributed by atoms with E-state index in [1.165, 1.54) is 4.46 Å². The number of allylic oxidation sites excluding steroid dienone is 4. The van der Waals surface area contributed by atoms with Crippen molar-refractivity contribution in [1.82, 2.24) is 0 Å². The topological polar surface area (TPSA) is 0 Å². The minimum absolute atomic E-state index is 0.574. The van der Waals surface area contributed by atoms with Gasteiger partial charge in [0, 0.05) is 0 Å². The van der Waals surface area contributed by atoms with E-state index in [0.717, 1.165) is 0 Å². The molecular formula is C11H10Se. The third-order valence-corrected chi connectivity index (χ3v) is 4.10. The van der Waals surface area contributed by atoms with Crippen LogP contribution in [0.25, 0.3) is 0 Å². The van der Waals surface area contributed by atoms with Crippen molar-refractivity contribution < 1.29 is 0 Å². The first-order valence-electron chi connectivity index (χ1n) is 4.02. The molecule has 0 saturated heterocycles. The van der Waals surface area contributed by atoms with Gasteiger partial charge in [0.25, 0.3) is 0 Å². The third-order valence-electron chi connectivity index (χ3n) is 1.73. The second kappa shape index (κ2) is 3.75. The first-order chi connectivity index (χ1) is 5.95. The van der Waals surface area contributed by atoms with Gasteiger partial charge >= 0.3 is 78.9 Å². The minimum atomic E-state index is 0.574. The van der Waals surface area contributed by atoms with Crippen LogP contribution in [0.3, 0.4) is 0 Å². The summed E-state index contributed by atoms with van der Waals surface area (Å²) < 4.78 is 1.48. The SMILES string of the molecule is C1=CC([Se]c2ccccc2)C=C1. The van der Waals surface area contributed by atoms with Crippen LogP contribution in [-0.2, 0) is 0 Å². The molecule has 1 aromatic rings. The Hall–Kier alpha value is -0.781. The molecule has 0 amide bonds. The Morgan fingerprint density at radius 2 is 1.58 bits per heavy atom. The Bertz CT molecular complexity index is 286. The Kier molecular flexibility index (Phi) is 2.45. The molecule has 0 nitrogen and oxygen atoms in total. The van der Waals surface area contributed by atoms with Crippen molar-refractivity contribution in [2.75, 3.05) is 0 Å². The van der Waals surface area contributed by atoms with Crippen molar-refractivity contribution in [3.8, 4) is 0 Å². The molecule has 0 aliphatic heterocycles. The molecule has 1 heteroatoms. The van der Waals surface area contributed by atoms with Crippen LogP contribution in [0.1, 0.15) is 0 Å². The zero-order valence-electron chi connectivity index (χ0n) is 6.68. The maximum absolute atomic E-state index is 2.27. The summed E-state index contributed by atoms with van der Waals surface area (Å²) in [5.41, 5.74) is 0. The van der Waals surface area contributed by atoms with Crippen molar-refractivity contribution in [2.45, 2.75) is 4.82 Å². The van der Waals surface area contributed by atoms with Crippen LogP contribution in [0.5, 0.6) is 0 Å². The van der Waals surface area contributed by atoms with Gasteiger partial charge in [0.2, 0.25) is 0 Å². The van der Waals surface area contributed by atoms with E-state index in [-0.39, 0.29) is 0 Å². The van der Waals surface area contributed by atoms with E-state index in [9.17, 15) is 0 Å². The number of hydrogen-bond acceptors (Lipinski definition) is 0. The first kappa shape index (κ1) is 7.85. The normalized spacial score (nSPS) is 15.7. The molecule has 0 atom stereocenters. The second-order valence-electron chi connectivity index (χ2n) is 2.67. The standard InChI is InChI=1S/C11H10Se/c1-2-6-10(7-3-1)12-11-8-4-5-9-11/h1-9,11H. The van der Waals surface area contributed by atoms with Gasteiger partial charge < -0.3 is 0 Å². The van der Waals surface area contributed by atoms with Crippen LogP contribution in [-0.4, -0.2) is 15.0 Å². The molecule has 60 valence electrons. The van der Waals surface area contributed by atoms with E-state index >= 15 is 0 Å². The number of benzene rings is 1. The molecular weight excluding hydrogens is 211 g/mol. The first-order valence-corrected chi connectivity index (χ1v) is 5.86. The van der Waals surface area contributed by atoms with Gasteiger partial charge in [0.05, 0.1) is 0 Å². The van der Waals surface area contributed by atoms with E-state index in [2.05, 4.69) is 54.6 Å². The molecule has 0 radical (unpaired) electrons. The van der Waals surface area contributed by atoms with Crippen molar-refractivity contribution in [3.63, 3.8) is 0 Å². The third kappa shape index (κ3) is 1.88. The van der Waals surface area contributed by atoms with Gasteiger partial charge in [-0.05, 0) is 0 Å². The summed E-state index contributed by atoms with van der Waals surface area (Å²) >= 11 is 0.574. The molecule has 0 aromatic heterocycles.